The third kappa shape index (κ3) is 5.65. The lowest BCUT2D eigenvalue weighted by Gasteiger charge is -2.15. The van der Waals surface area contributed by atoms with Gasteiger partial charge in [0.25, 0.3) is 0 Å². The van der Waals surface area contributed by atoms with Gasteiger partial charge in [-0.25, -0.2) is 0 Å². The Hall–Kier alpha value is -1.12. The number of hydrogen-bond acceptors (Lipinski definition) is 4. The molecule has 0 unspecified atom stereocenters. The highest BCUT2D eigenvalue weighted by Gasteiger charge is 2.07. The Bertz CT molecular complexity index is 176. The van der Waals surface area contributed by atoms with Crippen molar-refractivity contribution in [3.63, 3.8) is 0 Å². The van der Waals surface area contributed by atoms with Crippen LogP contribution in [0.25, 0.3) is 0 Å². The van der Waals surface area contributed by atoms with Gasteiger partial charge >= 0.3 is 5.97 Å². The maximum atomic E-state index is 10.3. The summed E-state index contributed by atoms with van der Waals surface area (Å²) in [5.41, 5.74) is 0. The normalized spacial score (nSPS) is 9.75. The minimum atomic E-state index is -0.929. The van der Waals surface area contributed by atoms with E-state index in [0.29, 0.717) is 13.2 Å². The van der Waals surface area contributed by atoms with Gasteiger partial charge in [0.1, 0.15) is 0 Å². The number of rotatable bonds is 6. The van der Waals surface area contributed by atoms with Crippen molar-refractivity contribution in [2.24, 2.45) is 0 Å². The van der Waals surface area contributed by atoms with Crippen LogP contribution in [0.1, 0.15) is 0 Å². The fourth-order valence-corrected chi connectivity index (χ4v) is 0.726. The Labute approximate surface area is 71.2 Å². The van der Waals surface area contributed by atoms with Gasteiger partial charge in [-0.3, -0.25) is 9.69 Å². The number of carbonyl (C=O) groups is 1. The summed E-state index contributed by atoms with van der Waals surface area (Å²) in [4.78, 5) is 11.8. The average molecular weight is 172 g/mol. The predicted octanol–water partition coefficient (Wildman–Crippen LogP) is -0.457. The molecule has 0 heterocycles. The fourth-order valence-electron chi connectivity index (χ4n) is 0.726. The Balaban J connectivity index is 3.71. The summed E-state index contributed by atoms with van der Waals surface area (Å²) in [6, 6.07) is 1.89. The average Bonchev–Trinajstić information content (AvgIpc) is 2.00. The van der Waals surface area contributed by atoms with Gasteiger partial charge in [0.05, 0.1) is 25.8 Å². The summed E-state index contributed by atoms with van der Waals surface area (Å²) >= 11 is 0. The second kappa shape index (κ2) is 6.58. The van der Waals surface area contributed by atoms with Gasteiger partial charge in [-0.2, -0.15) is 5.26 Å². The van der Waals surface area contributed by atoms with E-state index in [2.05, 4.69) is 0 Å². The maximum Gasteiger partial charge on any atom is 0.317 e. The summed E-state index contributed by atoms with van der Waals surface area (Å²) < 4.78 is 4.76. The van der Waals surface area contributed by atoms with E-state index in [1.165, 1.54) is 12.0 Å². The zero-order valence-corrected chi connectivity index (χ0v) is 6.99. The lowest BCUT2D eigenvalue weighted by molar-refractivity contribution is -0.138. The minimum absolute atomic E-state index is 0.114. The highest BCUT2D eigenvalue weighted by molar-refractivity contribution is 5.69. The molecule has 0 aliphatic heterocycles. The molecule has 12 heavy (non-hydrogen) atoms. The van der Waals surface area contributed by atoms with Gasteiger partial charge in [-0.15, -0.1) is 0 Å². The Kier molecular flexibility index (Phi) is 5.97. The molecule has 0 aromatic carbocycles. The van der Waals surface area contributed by atoms with E-state index in [0.717, 1.165) is 0 Å². The summed E-state index contributed by atoms with van der Waals surface area (Å²) in [6.07, 6.45) is 0. The van der Waals surface area contributed by atoms with Crippen LogP contribution in [0.4, 0.5) is 0 Å². The predicted molar refractivity (Wildman–Crippen MR) is 41.6 cm³/mol. The first-order valence-electron chi connectivity index (χ1n) is 3.50. The van der Waals surface area contributed by atoms with Crippen molar-refractivity contribution >= 4 is 5.97 Å². The molecule has 0 atom stereocenters. The summed E-state index contributed by atoms with van der Waals surface area (Å²) in [5.74, 6) is -0.929. The van der Waals surface area contributed by atoms with Gasteiger partial charge in [0.15, 0.2) is 0 Å². The quantitative estimate of drug-likeness (QED) is 0.549. The lowest BCUT2D eigenvalue weighted by Crippen LogP contribution is -2.32. The van der Waals surface area contributed by atoms with Crippen LogP contribution >= 0.6 is 0 Å². The van der Waals surface area contributed by atoms with Gasteiger partial charge < -0.3 is 9.84 Å². The van der Waals surface area contributed by atoms with Crippen LogP contribution in [0.2, 0.25) is 0 Å². The molecule has 0 aliphatic carbocycles. The number of ether oxygens (including phenoxy) is 1. The first kappa shape index (κ1) is 10.9. The van der Waals surface area contributed by atoms with E-state index in [1.807, 2.05) is 6.07 Å². The Morgan fingerprint density at radius 3 is 2.83 bits per heavy atom. The number of carboxylic acids is 1. The topological polar surface area (TPSA) is 73.6 Å². The van der Waals surface area contributed by atoms with Crippen molar-refractivity contribution in [1.82, 2.24) is 4.90 Å². The number of carboxylic acid groups (broad SMARTS) is 1. The molecular weight excluding hydrogens is 160 g/mol. The van der Waals surface area contributed by atoms with Gasteiger partial charge in [-0.05, 0) is 0 Å². The number of nitriles is 1. The van der Waals surface area contributed by atoms with Crippen molar-refractivity contribution in [2.75, 3.05) is 33.4 Å². The molecule has 0 spiro atoms. The largest absolute Gasteiger partial charge is 0.480 e. The summed E-state index contributed by atoms with van der Waals surface area (Å²) in [6.45, 7) is 0.915. The molecule has 0 aromatic rings. The lowest BCUT2D eigenvalue weighted by atomic mass is 10.4. The van der Waals surface area contributed by atoms with E-state index >= 15 is 0 Å². The Morgan fingerprint density at radius 1 is 1.75 bits per heavy atom. The molecule has 1 N–H and O–H groups in total. The molecule has 0 saturated heterocycles. The van der Waals surface area contributed by atoms with Crippen LogP contribution in [0.15, 0.2) is 0 Å². The van der Waals surface area contributed by atoms with Crippen LogP contribution in [0.3, 0.4) is 0 Å². The first-order valence-corrected chi connectivity index (χ1v) is 3.50. The third-order valence-electron chi connectivity index (χ3n) is 1.26. The number of nitrogens with zero attached hydrogens (tertiary/aromatic N) is 2. The van der Waals surface area contributed by atoms with Crippen molar-refractivity contribution < 1.29 is 14.6 Å². The number of hydrogen-bond donors (Lipinski definition) is 1. The van der Waals surface area contributed by atoms with E-state index in [-0.39, 0.29) is 13.1 Å². The molecule has 68 valence electrons. The smallest absolute Gasteiger partial charge is 0.317 e. The monoisotopic (exact) mass is 172 g/mol. The van der Waals surface area contributed by atoms with E-state index < -0.39 is 5.97 Å². The standard InChI is InChI=1S/C7H12N2O3/c1-12-5-4-9(3-2-8)6-7(10)11/h3-6H2,1H3,(H,10,11). The highest BCUT2D eigenvalue weighted by Crippen LogP contribution is 1.86. The molecular formula is C7H12N2O3. The zero-order valence-electron chi connectivity index (χ0n) is 6.99. The molecule has 0 aliphatic rings. The molecule has 0 bridgehead atoms. The second-order valence-corrected chi connectivity index (χ2v) is 2.26. The molecule has 5 nitrogen and oxygen atoms in total. The zero-order chi connectivity index (χ0) is 9.40. The second-order valence-electron chi connectivity index (χ2n) is 2.26. The molecule has 0 saturated carbocycles. The van der Waals surface area contributed by atoms with Crippen molar-refractivity contribution in [2.45, 2.75) is 0 Å². The maximum absolute atomic E-state index is 10.3. The number of aliphatic carboxylic acids is 1. The molecule has 5 heteroatoms. The van der Waals surface area contributed by atoms with Crippen molar-refractivity contribution in [1.29, 1.82) is 5.26 Å². The minimum Gasteiger partial charge on any atom is -0.480 e. The van der Waals surface area contributed by atoms with Gasteiger partial charge in [0, 0.05) is 13.7 Å². The fraction of sp³-hybridized carbons (Fsp3) is 0.714. The number of methoxy groups -OCH3 is 1. The van der Waals surface area contributed by atoms with E-state index in [1.54, 1.807) is 0 Å². The van der Waals surface area contributed by atoms with Crippen LogP contribution in [-0.4, -0.2) is 49.3 Å². The summed E-state index contributed by atoms with van der Waals surface area (Å²) in [7, 11) is 1.53. The summed E-state index contributed by atoms with van der Waals surface area (Å²) in [5, 5.41) is 16.7. The highest BCUT2D eigenvalue weighted by atomic mass is 16.5. The Morgan fingerprint density at radius 2 is 2.42 bits per heavy atom. The van der Waals surface area contributed by atoms with Crippen molar-refractivity contribution in [3.05, 3.63) is 0 Å². The van der Waals surface area contributed by atoms with E-state index in [9.17, 15) is 4.79 Å². The molecule has 0 amide bonds. The molecule has 0 aromatic heterocycles. The van der Waals surface area contributed by atoms with Crippen LogP contribution in [0, 0.1) is 11.3 Å². The first-order chi connectivity index (χ1) is 5.70. The van der Waals surface area contributed by atoms with Crippen LogP contribution in [-0.2, 0) is 9.53 Å². The van der Waals surface area contributed by atoms with Crippen LogP contribution in [0.5, 0.6) is 0 Å². The SMILES string of the molecule is COCCN(CC#N)CC(=O)O. The molecule has 0 rings (SSSR count). The van der Waals surface area contributed by atoms with E-state index in [4.69, 9.17) is 15.1 Å². The van der Waals surface area contributed by atoms with Gasteiger partial charge in [-0.1, -0.05) is 0 Å². The van der Waals surface area contributed by atoms with Gasteiger partial charge in [0.2, 0.25) is 0 Å². The molecule has 0 fully saturated rings. The van der Waals surface area contributed by atoms with Crippen LogP contribution < -0.4 is 0 Å². The van der Waals surface area contributed by atoms with Crippen molar-refractivity contribution in [3.8, 4) is 6.07 Å². The third-order valence-corrected chi connectivity index (χ3v) is 1.26. The molecule has 0 radical (unpaired) electrons.